The van der Waals surface area contributed by atoms with Gasteiger partial charge in [0.2, 0.25) is 0 Å². The van der Waals surface area contributed by atoms with Gasteiger partial charge in [-0.05, 0) is 12.5 Å². The van der Waals surface area contributed by atoms with Crippen LogP contribution in [0.1, 0.15) is 23.7 Å². The van der Waals surface area contributed by atoms with Gasteiger partial charge in [0.25, 0.3) is 11.6 Å². The molecular formula is C13H16FN3O4. The summed E-state index contributed by atoms with van der Waals surface area (Å²) in [6, 6.07) is 1.70. The molecule has 0 bridgehead atoms. The molecule has 0 aromatic heterocycles. The van der Waals surface area contributed by atoms with Crippen molar-refractivity contribution in [3.63, 3.8) is 0 Å². The number of carbonyl (C=O) groups is 1. The van der Waals surface area contributed by atoms with Gasteiger partial charge >= 0.3 is 0 Å². The Bertz CT molecular complexity index is 579. The van der Waals surface area contributed by atoms with Crippen LogP contribution in [0, 0.1) is 15.9 Å². The third kappa shape index (κ3) is 3.10. The van der Waals surface area contributed by atoms with E-state index < -0.39 is 22.3 Å². The zero-order valence-corrected chi connectivity index (χ0v) is 11.5. The van der Waals surface area contributed by atoms with E-state index in [-0.39, 0.29) is 17.4 Å². The maximum atomic E-state index is 13.4. The number of nitrogens with two attached hydrogens (primary N) is 1. The molecule has 1 aliphatic heterocycles. The molecule has 1 aromatic rings. The first kappa shape index (κ1) is 15.2. The lowest BCUT2D eigenvalue weighted by Gasteiger charge is -2.32. The Morgan fingerprint density at radius 1 is 1.62 bits per heavy atom. The van der Waals surface area contributed by atoms with Crippen molar-refractivity contribution in [1.82, 2.24) is 4.90 Å². The summed E-state index contributed by atoms with van der Waals surface area (Å²) in [6.45, 7) is 2.99. The number of morpholine rings is 1. The highest BCUT2D eigenvalue weighted by Gasteiger charge is 2.30. The van der Waals surface area contributed by atoms with Crippen LogP contribution in [0.25, 0.3) is 0 Å². The van der Waals surface area contributed by atoms with Crippen molar-refractivity contribution in [2.24, 2.45) is 0 Å². The highest BCUT2D eigenvalue weighted by Crippen LogP contribution is 2.26. The summed E-state index contributed by atoms with van der Waals surface area (Å²) >= 11 is 0. The third-order valence-corrected chi connectivity index (χ3v) is 3.42. The smallest absolute Gasteiger partial charge is 0.285 e. The molecule has 21 heavy (non-hydrogen) atoms. The van der Waals surface area contributed by atoms with Crippen LogP contribution in [0.5, 0.6) is 0 Å². The van der Waals surface area contributed by atoms with Crippen molar-refractivity contribution >= 4 is 17.3 Å². The highest BCUT2D eigenvalue weighted by molar-refractivity contribution is 5.99. The van der Waals surface area contributed by atoms with Gasteiger partial charge in [0.15, 0.2) is 5.82 Å². The van der Waals surface area contributed by atoms with E-state index in [0.29, 0.717) is 25.8 Å². The molecule has 1 aromatic carbocycles. The normalized spacial score (nSPS) is 18.6. The minimum absolute atomic E-state index is 0.0976. The number of amides is 1. The number of hydrogen-bond donors (Lipinski definition) is 1. The van der Waals surface area contributed by atoms with Gasteiger partial charge in [-0.15, -0.1) is 0 Å². The summed E-state index contributed by atoms with van der Waals surface area (Å²) in [5.41, 5.74) is 4.35. The first-order valence-corrected chi connectivity index (χ1v) is 6.58. The number of nitrogen functional groups attached to an aromatic ring is 1. The summed E-state index contributed by atoms with van der Waals surface area (Å²) < 4.78 is 18.8. The molecule has 0 saturated carbocycles. The van der Waals surface area contributed by atoms with Gasteiger partial charge in [-0.25, -0.2) is 4.39 Å². The molecule has 1 fully saturated rings. The van der Waals surface area contributed by atoms with E-state index in [1.165, 1.54) is 4.90 Å². The SMILES string of the molecule is CCC1CN(C(=O)c2cc(N)c(F)cc2[N+](=O)[O-])CCO1. The Balaban J connectivity index is 2.34. The molecule has 1 atom stereocenters. The number of ether oxygens (including phenoxy) is 1. The Morgan fingerprint density at radius 2 is 2.33 bits per heavy atom. The quantitative estimate of drug-likeness (QED) is 0.518. The van der Waals surface area contributed by atoms with Gasteiger partial charge in [0, 0.05) is 13.1 Å². The van der Waals surface area contributed by atoms with E-state index in [1.807, 2.05) is 6.92 Å². The highest BCUT2D eigenvalue weighted by atomic mass is 19.1. The number of rotatable bonds is 3. The largest absolute Gasteiger partial charge is 0.396 e. The van der Waals surface area contributed by atoms with E-state index in [1.54, 1.807) is 0 Å². The molecular weight excluding hydrogens is 281 g/mol. The minimum atomic E-state index is -0.910. The van der Waals surface area contributed by atoms with Crippen LogP contribution >= 0.6 is 0 Å². The second kappa shape index (κ2) is 6.04. The lowest BCUT2D eigenvalue weighted by Crippen LogP contribution is -2.45. The molecule has 0 spiro atoms. The first-order valence-electron chi connectivity index (χ1n) is 6.58. The monoisotopic (exact) mass is 297 g/mol. The van der Waals surface area contributed by atoms with Crippen molar-refractivity contribution in [2.75, 3.05) is 25.4 Å². The molecule has 1 amide bonds. The number of benzene rings is 1. The van der Waals surface area contributed by atoms with Crippen molar-refractivity contribution in [3.8, 4) is 0 Å². The van der Waals surface area contributed by atoms with Crippen LogP contribution in [0.15, 0.2) is 12.1 Å². The van der Waals surface area contributed by atoms with Gasteiger partial charge < -0.3 is 15.4 Å². The van der Waals surface area contributed by atoms with E-state index in [9.17, 15) is 19.3 Å². The molecule has 7 nitrogen and oxygen atoms in total. The van der Waals surface area contributed by atoms with Gasteiger partial charge in [0.05, 0.1) is 29.4 Å². The predicted octanol–water partition coefficient (Wildman–Crippen LogP) is 1.57. The molecule has 1 unspecified atom stereocenters. The topological polar surface area (TPSA) is 98.7 Å². The molecule has 8 heteroatoms. The molecule has 0 radical (unpaired) electrons. The Morgan fingerprint density at radius 3 is 2.95 bits per heavy atom. The standard InChI is InChI=1S/C13H16FN3O4/c1-2-8-7-16(3-4-21-8)13(18)9-5-11(15)10(14)6-12(9)17(19)20/h5-6,8H,2-4,7,15H2,1H3. The fourth-order valence-corrected chi connectivity index (χ4v) is 2.22. The van der Waals surface area contributed by atoms with E-state index in [0.717, 1.165) is 12.5 Å². The average Bonchev–Trinajstić information content (AvgIpc) is 2.48. The van der Waals surface area contributed by atoms with Gasteiger partial charge in [-0.2, -0.15) is 0 Å². The van der Waals surface area contributed by atoms with Gasteiger partial charge in [0.1, 0.15) is 5.56 Å². The Hall–Kier alpha value is -2.22. The number of nitro benzene ring substituents is 1. The fourth-order valence-electron chi connectivity index (χ4n) is 2.22. The zero-order chi connectivity index (χ0) is 15.6. The van der Waals surface area contributed by atoms with Gasteiger partial charge in [-0.3, -0.25) is 14.9 Å². The van der Waals surface area contributed by atoms with E-state index >= 15 is 0 Å². The Labute approximate surface area is 120 Å². The van der Waals surface area contributed by atoms with Crippen LogP contribution in [0.2, 0.25) is 0 Å². The maximum absolute atomic E-state index is 13.4. The van der Waals surface area contributed by atoms with Crippen molar-refractivity contribution in [2.45, 2.75) is 19.4 Å². The number of hydrogen-bond acceptors (Lipinski definition) is 5. The number of nitrogens with zero attached hydrogens (tertiary/aromatic N) is 2. The van der Waals surface area contributed by atoms with Gasteiger partial charge in [-0.1, -0.05) is 6.92 Å². The second-order valence-electron chi connectivity index (χ2n) is 4.80. The minimum Gasteiger partial charge on any atom is -0.396 e. The van der Waals surface area contributed by atoms with Crippen LogP contribution in [0.4, 0.5) is 15.8 Å². The molecule has 1 saturated heterocycles. The summed E-state index contributed by atoms with van der Waals surface area (Å²) in [5.74, 6) is -1.44. The number of carbonyl (C=O) groups excluding carboxylic acids is 1. The maximum Gasteiger partial charge on any atom is 0.285 e. The molecule has 114 valence electrons. The Kier molecular flexibility index (Phi) is 4.37. The summed E-state index contributed by atoms with van der Waals surface area (Å²) in [6.07, 6.45) is 0.636. The second-order valence-corrected chi connectivity index (χ2v) is 4.80. The van der Waals surface area contributed by atoms with E-state index in [2.05, 4.69) is 0 Å². The number of halogens is 1. The lowest BCUT2D eigenvalue weighted by molar-refractivity contribution is -0.385. The molecule has 1 heterocycles. The van der Waals surface area contributed by atoms with Crippen LogP contribution < -0.4 is 5.73 Å². The van der Waals surface area contributed by atoms with Crippen molar-refractivity contribution in [1.29, 1.82) is 0 Å². The van der Waals surface area contributed by atoms with E-state index in [4.69, 9.17) is 10.5 Å². The zero-order valence-electron chi connectivity index (χ0n) is 11.5. The number of nitro groups is 1. The lowest BCUT2D eigenvalue weighted by atomic mass is 10.1. The molecule has 2 rings (SSSR count). The summed E-state index contributed by atoms with van der Waals surface area (Å²) in [5, 5.41) is 11.0. The first-order chi connectivity index (χ1) is 9.93. The van der Waals surface area contributed by atoms with Crippen LogP contribution in [-0.2, 0) is 4.74 Å². The number of anilines is 1. The van der Waals surface area contributed by atoms with Crippen molar-refractivity contribution < 1.29 is 18.8 Å². The average molecular weight is 297 g/mol. The predicted molar refractivity (Wildman–Crippen MR) is 73.4 cm³/mol. The van der Waals surface area contributed by atoms with Crippen LogP contribution in [0.3, 0.4) is 0 Å². The van der Waals surface area contributed by atoms with Crippen molar-refractivity contribution in [3.05, 3.63) is 33.6 Å². The third-order valence-electron chi connectivity index (χ3n) is 3.42. The molecule has 2 N–H and O–H groups in total. The fraction of sp³-hybridized carbons (Fsp3) is 0.462. The molecule has 1 aliphatic rings. The summed E-state index contributed by atoms with van der Waals surface area (Å²) in [7, 11) is 0. The summed E-state index contributed by atoms with van der Waals surface area (Å²) in [4.78, 5) is 24.1. The van der Waals surface area contributed by atoms with Crippen LogP contribution in [-0.4, -0.2) is 41.5 Å². The molecule has 0 aliphatic carbocycles.